The highest BCUT2D eigenvalue weighted by atomic mass is 32.1. The number of nitrogens with zero attached hydrogens (tertiary/aromatic N) is 1. The van der Waals surface area contributed by atoms with Crippen molar-refractivity contribution in [2.24, 2.45) is 0 Å². The zero-order valence-corrected chi connectivity index (χ0v) is 13.1. The van der Waals surface area contributed by atoms with Crippen LogP contribution < -0.4 is 10.1 Å². The molecule has 0 aliphatic rings. The van der Waals surface area contributed by atoms with E-state index in [0.29, 0.717) is 23.8 Å². The van der Waals surface area contributed by atoms with E-state index in [1.54, 1.807) is 12.1 Å². The average Bonchev–Trinajstić information content (AvgIpc) is 3.23. The van der Waals surface area contributed by atoms with Gasteiger partial charge in [0.05, 0.1) is 12.2 Å². The van der Waals surface area contributed by atoms with Gasteiger partial charge in [-0.3, -0.25) is 4.79 Å². The Bertz CT molecular complexity index is 766. The molecule has 6 heteroatoms. The van der Waals surface area contributed by atoms with Crippen molar-refractivity contribution in [2.75, 3.05) is 13.2 Å². The van der Waals surface area contributed by atoms with Crippen LogP contribution in [0.4, 0.5) is 4.39 Å². The molecule has 4 nitrogen and oxygen atoms in total. The molecule has 0 saturated carbocycles. The van der Waals surface area contributed by atoms with Crippen LogP contribution in [0.1, 0.15) is 9.67 Å². The minimum Gasteiger partial charge on any atom is -0.492 e. The molecular weight excluding hydrogens is 315 g/mol. The van der Waals surface area contributed by atoms with Gasteiger partial charge < -0.3 is 14.6 Å². The average molecular weight is 330 g/mol. The van der Waals surface area contributed by atoms with Crippen LogP contribution in [-0.2, 0) is 0 Å². The molecule has 0 radical (unpaired) electrons. The summed E-state index contributed by atoms with van der Waals surface area (Å²) in [5.74, 6) is 0.136. The van der Waals surface area contributed by atoms with E-state index in [-0.39, 0.29) is 11.7 Å². The molecule has 2 aromatic heterocycles. The smallest absolute Gasteiger partial charge is 0.263 e. The van der Waals surface area contributed by atoms with Gasteiger partial charge in [-0.15, -0.1) is 11.3 Å². The summed E-state index contributed by atoms with van der Waals surface area (Å²) in [5, 5.41) is 4.72. The van der Waals surface area contributed by atoms with Crippen molar-refractivity contribution in [3.63, 3.8) is 0 Å². The van der Waals surface area contributed by atoms with Crippen LogP contribution in [0.5, 0.6) is 5.75 Å². The molecule has 1 amide bonds. The molecule has 2 heterocycles. The third-order valence-corrected chi connectivity index (χ3v) is 4.11. The first kappa shape index (κ1) is 15.3. The molecule has 0 saturated heterocycles. The molecule has 1 N–H and O–H groups in total. The normalized spacial score (nSPS) is 10.5. The maximum Gasteiger partial charge on any atom is 0.263 e. The minimum absolute atomic E-state index is 0.133. The van der Waals surface area contributed by atoms with Gasteiger partial charge in [0.1, 0.15) is 23.1 Å². The molecule has 1 aromatic carbocycles. The van der Waals surface area contributed by atoms with E-state index in [1.165, 1.54) is 23.5 Å². The lowest BCUT2D eigenvalue weighted by Gasteiger charge is -2.08. The number of carbonyl (C=O) groups excluding carboxylic acids is 1. The maximum absolute atomic E-state index is 12.8. The lowest BCUT2D eigenvalue weighted by atomic mass is 10.3. The third kappa shape index (κ3) is 3.78. The first-order chi connectivity index (χ1) is 11.2. The van der Waals surface area contributed by atoms with Crippen molar-refractivity contribution >= 4 is 17.2 Å². The van der Waals surface area contributed by atoms with Gasteiger partial charge in [0.15, 0.2) is 0 Å². The Kier molecular flexibility index (Phi) is 4.73. The largest absolute Gasteiger partial charge is 0.492 e. The Balaban J connectivity index is 1.52. The molecular formula is C17H15FN2O2S. The van der Waals surface area contributed by atoms with Gasteiger partial charge in [-0.25, -0.2) is 4.39 Å². The third-order valence-electron chi connectivity index (χ3n) is 3.20. The second kappa shape index (κ2) is 7.11. The Labute approximate surface area is 137 Å². The number of thiophene rings is 1. The van der Waals surface area contributed by atoms with Crippen LogP contribution >= 0.6 is 11.3 Å². The number of benzene rings is 1. The number of ether oxygens (including phenoxy) is 1. The fraction of sp³-hybridized carbons (Fsp3) is 0.118. The molecule has 0 atom stereocenters. The van der Waals surface area contributed by atoms with E-state index in [4.69, 9.17) is 4.74 Å². The molecule has 0 unspecified atom stereocenters. The number of nitrogens with one attached hydrogen (secondary N) is 1. The van der Waals surface area contributed by atoms with Crippen molar-refractivity contribution in [1.82, 2.24) is 9.88 Å². The maximum atomic E-state index is 12.8. The van der Waals surface area contributed by atoms with Crippen molar-refractivity contribution in [2.45, 2.75) is 0 Å². The summed E-state index contributed by atoms with van der Waals surface area (Å²) in [5.41, 5.74) is 0.858. The number of rotatable bonds is 6. The summed E-state index contributed by atoms with van der Waals surface area (Å²) in [4.78, 5) is 12.9. The van der Waals surface area contributed by atoms with E-state index >= 15 is 0 Å². The van der Waals surface area contributed by atoms with E-state index in [9.17, 15) is 9.18 Å². The van der Waals surface area contributed by atoms with Gasteiger partial charge in [0.25, 0.3) is 5.91 Å². The summed E-state index contributed by atoms with van der Waals surface area (Å²) in [6, 6.07) is 11.5. The van der Waals surface area contributed by atoms with Gasteiger partial charge in [-0.1, -0.05) is 0 Å². The van der Waals surface area contributed by atoms with Crippen LogP contribution in [-0.4, -0.2) is 23.6 Å². The second-order valence-corrected chi connectivity index (χ2v) is 5.70. The molecule has 23 heavy (non-hydrogen) atoms. The molecule has 0 aliphatic heterocycles. The van der Waals surface area contributed by atoms with Crippen LogP contribution in [0.3, 0.4) is 0 Å². The second-order valence-electron chi connectivity index (χ2n) is 4.78. The van der Waals surface area contributed by atoms with Gasteiger partial charge >= 0.3 is 0 Å². The monoisotopic (exact) mass is 330 g/mol. The standard InChI is InChI=1S/C17H15FN2O2S/c18-13-3-5-14(6-4-13)22-11-8-19-17(21)16-15(7-12-23-16)20-9-1-2-10-20/h1-7,9-10,12H,8,11H2,(H,19,21). The number of carbonyl (C=O) groups is 1. The summed E-state index contributed by atoms with van der Waals surface area (Å²) in [6.07, 6.45) is 3.80. The predicted octanol–water partition coefficient (Wildman–Crippen LogP) is 3.49. The predicted molar refractivity (Wildman–Crippen MR) is 87.9 cm³/mol. The lowest BCUT2D eigenvalue weighted by Crippen LogP contribution is -2.28. The number of hydrogen-bond donors (Lipinski definition) is 1. The first-order valence-electron chi connectivity index (χ1n) is 7.11. The van der Waals surface area contributed by atoms with Crippen LogP contribution in [0.25, 0.3) is 5.69 Å². The fourth-order valence-corrected chi connectivity index (χ4v) is 2.92. The van der Waals surface area contributed by atoms with Crippen molar-refractivity contribution < 1.29 is 13.9 Å². The molecule has 3 aromatic rings. The summed E-state index contributed by atoms with van der Waals surface area (Å²) in [6.45, 7) is 0.695. The Hall–Kier alpha value is -2.60. The topological polar surface area (TPSA) is 43.3 Å². The van der Waals surface area contributed by atoms with Crippen molar-refractivity contribution in [3.8, 4) is 11.4 Å². The Morgan fingerprint density at radius 3 is 2.65 bits per heavy atom. The molecule has 0 fully saturated rings. The van der Waals surface area contributed by atoms with Crippen LogP contribution in [0.2, 0.25) is 0 Å². The Morgan fingerprint density at radius 2 is 1.91 bits per heavy atom. The number of hydrogen-bond acceptors (Lipinski definition) is 3. The molecule has 118 valence electrons. The highest BCUT2D eigenvalue weighted by Crippen LogP contribution is 2.21. The van der Waals surface area contributed by atoms with Crippen molar-refractivity contribution in [1.29, 1.82) is 0 Å². The minimum atomic E-state index is -0.305. The van der Waals surface area contributed by atoms with E-state index in [1.807, 2.05) is 40.5 Å². The van der Waals surface area contributed by atoms with E-state index in [0.717, 1.165) is 5.69 Å². The molecule has 0 spiro atoms. The summed E-state index contributed by atoms with van der Waals surface area (Å²) >= 11 is 1.40. The zero-order chi connectivity index (χ0) is 16.1. The highest BCUT2D eigenvalue weighted by Gasteiger charge is 2.13. The van der Waals surface area contributed by atoms with Gasteiger partial charge in [-0.2, -0.15) is 0 Å². The van der Waals surface area contributed by atoms with E-state index < -0.39 is 0 Å². The molecule has 3 rings (SSSR count). The van der Waals surface area contributed by atoms with Crippen LogP contribution in [0, 0.1) is 5.82 Å². The molecule has 0 bridgehead atoms. The van der Waals surface area contributed by atoms with E-state index in [2.05, 4.69) is 5.32 Å². The summed E-state index contributed by atoms with van der Waals surface area (Å²) < 4.78 is 20.1. The number of halogens is 1. The Morgan fingerprint density at radius 1 is 1.17 bits per heavy atom. The lowest BCUT2D eigenvalue weighted by molar-refractivity contribution is 0.0951. The number of aromatic nitrogens is 1. The SMILES string of the molecule is O=C(NCCOc1ccc(F)cc1)c1sccc1-n1cccc1. The van der Waals surface area contributed by atoms with Crippen molar-refractivity contribution in [3.05, 3.63) is 70.9 Å². The van der Waals surface area contributed by atoms with Gasteiger partial charge in [-0.05, 0) is 47.8 Å². The summed E-state index contributed by atoms with van der Waals surface area (Å²) in [7, 11) is 0. The molecule has 0 aliphatic carbocycles. The fourth-order valence-electron chi connectivity index (χ4n) is 2.12. The van der Waals surface area contributed by atoms with Gasteiger partial charge in [0.2, 0.25) is 0 Å². The quantitative estimate of drug-likeness (QED) is 0.703. The zero-order valence-electron chi connectivity index (χ0n) is 12.2. The van der Waals surface area contributed by atoms with Crippen LogP contribution in [0.15, 0.2) is 60.2 Å². The number of amides is 1. The highest BCUT2D eigenvalue weighted by molar-refractivity contribution is 7.12. The van der Waals surface area contributed by atoms with Gasteiger partial charge in [0, 0.05) is 12.4 Å². The first-order valence-corrected chi connectivity index (χ1v) is 7.99.